The fraction of sp³-hybridized carbons (Fsp3) is 0.357. The maximum absolute atomic E-state index is 12.7. The number of hydroxylamine groups is 1. The van der Waals surface area contributed by atoms with E-state index in [2.05, 4.69) is 20.5 Å². The van der Waals surface area contributed by atoms with Gasteiger partial charge < -0.3 is 11.1 Å². The number of nitrogens with two attached hydrogens (primary N) is 1. The molecule has 9 nitrogen and oxygen atoms in total. The van der Waals surface area contributed by atoms with Crippen LogP contribution in [-0.4, -0.2) is 38.0 Å². The van der Waals surface area contributed by atoms with Gasteiger partial charge in [-0.3, -0.25) is 14.6 Å². The van der Waals surface area contributed by atoms with E-state index in [9.17, 15) is 13.2 Å². The Morgan fingerprint density at radius 3 is 2.39 bits per heavy atom. The van der Waals surface area contributed by atoms with Crippen molar-refractivity contribution >= 4 is 21.6 Å². The molecule has 10 heteroatoms. The van der Waals surface area contributed by atoms with Crippen molar-refractivity contribution in [2.45, 2.75) is 57.0 Å². The molecule has 0 spiro atoms. The summed E-state index contributed by atoms with van der Waals surface area (Å²) in [6, 6.07) is 19.8. The molecule has 2 atom stereocenters. The first kappa shape index (κ1) is 29.2. The summed E-state index contributed by atoms with van der Waals surface area (Å²) in [4.78, 5) is 22.1. The number of amides is 1. The number of para-hydroxylation sites is 1. The quantitative estimate of drug-likeness (QED) is 0.161. The van der Waals surface area contributed by atoms with Crippen molar-refractivity contribution in [3.05, 3.63) is 95.8 Å². The summed E-state index contributed by atoms with van der Waals surface area (Å²) in [5.41, 5.74) is 11.7. The molecule has 0 saturated heterocycles. The highest BCUT2D eigenvalue weighted by atomic mass is 32.2. The van der Waals surface area contributed by atoms with Gasteiger partial charge >= 0.3 is 0 Å². The van der Waals surface area contributed by atoms with Crippen LogP contribution in [0.15, 0.2) is 79.1 Å². The minimum Gasteiger partial charge on any atom is -0.380 e. The maximum Gasteiger partial charge on any atom is 0.276 e. The molecule has 2 unspecified atom stereocenters. The number of carbonyl (C=O) groups is 1. The van der Waals surface area contributed by atoms with Gasteiger partial charge in [-0.1, -0.05) is 49.4 Å². The van der Waals surface area contributed by atoms with Crippen molar-refractivity contribution in [3.63, 3.8) is 0 Å². The molecule has 0 aliphatic rings. The van der Waals surface area contributed by atoms with Gasteiger partial charge in [-0.2, -0.15) is 0 Å². The third-order valence-corrected chi connectivity index (χ3v) is 7.49. The van der Waals surface area contributed by atoms with E-state index in [1.54, 1.807) is 36.7 Å². The van der Waals surface area contributed by atoms with E-state index in [1.807, 2.05) is 49.4 Å². The molecular weight excluding hydrogens is 502 g/mol. The van der Waals surface area contributed by atoms with Crippen molar-refractivity contribution in [3.8, 4) is 0 Å². The Hall–Kier alpha value is -3.31. The smallest absolute Gasteiger partial charge is 0.276 e. The van der Waals surface area contributed by atoms with E-state index in [4.69, 9.17) is 10.6 Å². The molecule has 1 aromatic heterocycles. The van der Waals surface area contributed by atoms with Crippen LogP contribution in [-0.2, 0) is 27.2 Å². The average Bonchev–Trinajstić information content (AvgIpc) is 2.93. The van der Waals surface area contributed by atoms with Gasteiger partial charge in [0.2, 0.25) is 10.0 Å². The summed E-state index contributed by atoms with van der Waals surface area (Å²) >= 11 is 0. The Balaban J connectivity index is 1.37. The van der Waals surface area contributed by atoms with E-state index in [0.717, 1.165) is 11.1 Å². The molecule has 1 amide bonds. The van der Waals surface area contributed by atoms with E-state index in [1.165, 1.54) is 0 Å². The predicted octanol–water partition coefficient (Wildman–Crippen LogP) is 3.75. The molecule has 0 bridgehead atoms. The van der Waals surface area contributed by atoms with E-state index < -0.39 is 10.0 Å². The highest BCUT2D eigenvalue weighted by molar-refractivity contribution is 7.88. The fourth-order valence-corrected chi connectivity index (χ4v) is 5.42. The summed E-state index contributed by atoms with van der Waals surface area (Å²) in [6.07, 6.45) is 5.89. The van der Waals surface area contributed by atoms with E-state index >= 15 is 0 Å². The lowest BCUT2D eigenvalue weighted by atomic mass is 10.0. The molecule has 1 heterocycles. The first-order valence-electron chi connectivity index (χ1n) is 12.8. The lowest BCUT2D eigenvalue weighted by molar-refractivity contribution is 0.0285. The Kier molecular flexibility index (Phi) is 11.7. The molecule has 5 N–H and O–H groups in total. The lowest BCUT2D eigenvalue weighted by Crippen LogP contribution is -2.36. The molecule has 0 fully saturated rings. The van der Waals surface area contributed by atoms with Crippen molar-refractivity contribution in [1.29, 1.82) is 0 Å². The van der Waals surface area contributed by atoms with Gasteiger partial charge in [0, 0.05) is 36.7 Å². The van der Waals surface area contributed by atoms with Crippen LogP contribution in [0, 0.1) is 0 Å². The number of rotatable bonds is 16. The molecule has 0 saturated carbocycles. The highest BCUT2D eigenvalue weighted by Gasteiger charge is 2.18. The number of nitrogens with zero attached hydrogens (tertiary/aromatic N) is 1. The van der Waals surface area contributed by atoms with Crippen LogP contribution >= 0.6 is 0 Å². The van der Waals surface area contributed by atoms with Crippen molar-refractivity contribution in [1.82, 2.24) is 15.2 Å². The van der Waals surface area contributed by atoms with E-state index in [-0.39, 0.29) is 30.4 Å². The summed E-state index contributed by atoms with van der Waals surface area (Å²) in [7, 11) is -3.45. The normalized spacial score (nSPS) is 13.0. The molecule has 3 rings (SSSR count). The minimum absolute atomic E-state index is 0.0493. The number of carbonyl (C=O) groups excluding carboxylic acids is 1. The lowest BCUT2D eigenvalue weighted by Gasteiger charge is -2.19. The van der Waals surface area contributed by atoms with Gasteiger partial charge in [0.15, 0.2) is 0 Å². The van der Waals surface area contributed by atoms with Gasteiger partial charge in [0.05, 0.1) is 17.9 Å². The van der Waals surface area contributed by atoms with Gasteiger partial charge in [-0.15, -0.1) is 0 Å². The number of hydrogen-bond acceptors (Lipinski definition) is 7. The molecule has 3 aromatic rings. The third-order valence-electron chi connectivity index (χ3n) is 6.08. The van der Waals surface area contributed by atoms with Gasteiger partial charge in [0.25, 0.3) is 5.91 Å². The minimum atomic E-state index is -3.45. The molecule has 204 valence electrons. The zero-order valence-electron chi connectivity index (χ0n) is 21.7. The summed E-state index contributed by atoms with van der Waals surface area (Å²) in [5.74, 6) is -0.401. The van der Waals surface area contributed by atoms with Gasteiger partial charge in [-0.05, 0) is 61.1 Å². The van der Waals surface area contributed by atoms with Crippen LogP contribution in [0.4, 0.5) is 5.69 Å². The van der Waals surface area contributed by atoms with Crippen LogP contribution < -0.4 is 21.3 Å². The van der Waals surface area contributed by atoms with Gasteiger partial charge in [-0.25, -0.2) is 18.6 Å². The first-order valence-corrected chi connectivity index (χ1v) is 14.4. The van der Waals surface area contributed by atoms with Crippen molar-refractivity contribution in [2.24, 2.45) is 5.73 Å². The molecule has 38 heavy (non-hydrogen) atoms. The van der Waals surface area contributed by atoms with Crippen LogP contribution in [0.1, 0.15) is 54.1 Å². The number of benzene rings is 2. The van der Waals surface area contributed by atoms with Crippen LogP contribution in [0.25, 0.3) is 0 Å². The Morgan fingerprint density at radius 2 is 1.66 bits per heavy atom. The zero-order chi connectivity index (χ0) is 27.2. The number of pyridine rings is 1. The number of aromatic nitrogens is 1. The standard InChI is InChI=1S/C28H37N5O4S/c1-2-25(33-38(35,36)21-23-8-4-3-5-9-23)13-12-24(29)16-19-37-32-28(34)26-10-6-7-11-27(26)31-20-22-14-17-30-18-15-22/h3-11,14-15,17-18,24-25,31,33H,2,12-13,16,19-21,29H2,1H3,(H,32,34). The van der Waals surface area contributed by atoms with Crippen LogP contribution in [0.5, 0.6) is 0 Å². The Morgan fingerprint density at radius 1 is 0.947 bits per heavy atom. The third kappa shape index (κ3) is 10.2. The number of sulfonamides is 1. The van der Waals surface area contributed by atoms with Crippen molar-refractivity contribution < 1.29 is 18.0 Å². The Bertz CT molecular complexity index is 1230. The highest BCUT2D eigenvalue weighted by Crippen LogP contribution is 2.16. The molecular formula is C28H37N5O4S. The summed E-state index contributed by atoms with van der Waals surface area (Å²) in [6.45, 7) is 2.75. The second-order valence-corrected chi connectivity index (χ2v) is 10.9. The predicted molar refractivity (Wildman–Crippen MR) is 150 cm³/mol. The monoisotopic (exact) mass is 539 g/mol. The number of anilines is 1. The Labute approximate surface area is 225 Å². The van der Waals surface area contributed by atoms with Crippen LogP contribution in [0.3, 0.4) is 0 Å². The topological polar surface area (TPSA) is 135 Å². The number of nitrogens with one attached hydrogen (secondary N) is 3. The maximum atomic E-state index is 12.7. The second kappa shape index (κ2) is 15.2. The number of hydrogen-bond donors (Lipinski definition) is 4. The summed E-state index contributed by atoms with van der Waals surface area (Å²) < 4.78 is 27.9. The molecule has 0 aliphatic carbocycles. The van der Waals surface area contributed by atoms with Crippen LogP contribution in [0.2, 0.25) is 0 Å². The SMILES string of the molecule is CCC(CCC(N)CCONC(=O)c1ccccc1NCc1ccncc1)NS(=O)(=O)Cc1ccccc1. The molecule has 2 aromatic carbocycles. The van der Waals surface area contributed by atoms with Crippen molar-refractivity contribution in [2.75, 3.05) is 11.9 Å². The zero-order valence-corrected chi connectivity index (χ0v) is 22.5. The second-order valence-electron chi connectivity index (χ2n) is 9.13. The largest absolute Gasteiger partial charge is 0.380 e. The molecule has 0 aliphatic heterocycles. The first-order chi connectivity index (χ1) is 18.4. The van der Waals surface area contributed by atoms with Gasteiger partial charge in [0.1, 0.15) is 0 Å². The average molecular weight is 540 g/mol. The summed E-state index contributed by atoms with van der Waals surface area (Å²) in [5, 5.41) is 3.27. The fourth-order valence-electron chi connectivity index (χ4n) is 3.91. The van der Waals surface area contributed by atoms with E-state index in [0.29, 0.717) is 43.5 Å². The molecule has 0 radical (unpaired) electrons.